The highest BCUT2D eigenvalue weighted by Crippen LogP contribution is 2.16. The number of carbonyl (C=O) groups is 2. The number of carbonyl (C=O) groups excluding carboxylic acids is 1. The topological polar surface area (TPSA) is 88.5 Å². The van der Waals surface area contributed by atoms with Gasteiger partial charge in [-0.25, -0.2) is 9.78 Å². The highest BCUT2D eigenvalue weighted by atomic mass is 32.1. The standard InChI is InChI=1S/C14H14N2O4S/c1-9(8-12(17)16-14-15-6-7-21-14)20-11-4-2-10(3-5-11)13(18)19/h2-7,9H,8H2,1H3,(H,18,19)(H,15,16,17). The van der Waals surface area contributed by atoms with E-state index in [9.17, 15) is 9.59 Å². The number of anilines is 1. The van der Waals surface area contributed by atoms with E-state index in [0.29, 0.717) is 10.9 Å². The molecule has 6 nitrogen and oxygen atoms in total. The molecular formula is C14H14N2O4S. The quantitative estimate of drug-likeness (QED) is 0.856. The maximum atomic E-state index is 11.8. The van der Waals surface area contributed by atoms with Crippen LogP contribution in [0.4, 0.5) is 5.13 Å². The Hall–Kier alpha value is -2.41. The number of aromatic carboxylic acids is 1. The number of thiazole rings is 1. The summed E-state index contributed by atoms with van der Waals surface area (Å²) in [6, 6.07) is 6.05. The van der Waals surface area contributed by atoms with Crippen LogP contribution in [0, 0.1) is 0 Å². The number of hydrogen-bond donors (Lipinski definition) is 2. The lowest BCUT2D eigenvalue weighted by atomic mass is 10.2. The Morgan fingerprint density at radius 2 is 2.10 bits per heavy atom. The van der Waals surface area contributed by atoms with E-state index in [0.717, 1.165) is 0 Å². The summed E-state index contributed by atoms with van der Waals surface area (Å²) < 4.78 is 5.57. The van der Waals surface area contributed by atoms with Gasteiger partial charge in [-0.05, 0) is 31.2 Å². The Morgan fingerprint density at radius 3 is 2.67 bits per heavy atom. The number of nitrogens with one attached hydrogen (secondary N) is 1. The molecule has 1 amide bonds. The molecule has 2 rings (SSSR count). The van der Waals surface area contributed by atoms with Crippen LogP contribution < -0.4 is 10.1 Å². The second-order valence-corrected chi connectivity index (χ2v) is 5.24. The molecule has 21 heavy (non-hydrogen) atoms. The van der Waals surface area contributed by atoms with E-state index >= 15 is 0 Å². The normalized spacial score (nSPS) is 11.7. The van der Waals surface area contributed by atoms with Crippen LogP contribution in [0.2, 0.25) is 0 Å². The van der Waals surface area contributed by atoms with Crippen molar-refractivity contribution in [1.29, 1.82) is 0 Å². The molecule has 1 unspecified atom stereocenters. The van der Waals surface area contributed by atoms with Crippen molar-refractivity contribution < 1.29 is 19.4 Å². The molecule has 1 atom stereocenters. The first-order chi connectivity index (χ1) is 10.0. The lowest BCUT2D eigenvalue weighted by Crippen LogP contribution is -2.22. The number of nitrogens with zero attached hydrogens (tertiary/aromatic N) is 1. The van der Waals surface area contributed by atoms with Crippen LogP contribution in [0.1, 0.15) is 23.7 Å². The highest BCUT2D eigenvalue weighted by Gasteiger charge is 2.12. The number of carboxylic acid groups (broad SMARTS) is 1. The van der Waals surface area contributed by atoms with Gasteiger partial charge in [0.15, 0.2) is 5.13 Å². The molecule has 0 saturated carbocycles. The Kier molecular flexibility index (Phi) is 4.89. The summed E-state index contributed by atoms with van der Waals surface area (Å²) in [5.41, 5.74) is 0.191. The van der Waals surface area contributed by atoms with E-state index in [1.54, 1.807) is 30.6 Å². The first kappa shape index (κ1) is 15.0. The van der Waals surface area contributed by atoms with E-state index in [1.165, 1.54) is 23.5 Å². The van der Waals surface area contributed by atoms with Crippen LogP contribution in [0.3, 0.4) is 0 Å². The molecule has 0 spiro atoms. The minimum Gasteiger partial charge on any atom is -0.490 e. The molecule has 0 saturated heterocycles. The van der Waals surface area contributed by atoms with Crippen LogP contribution in [-0.4, -0.2) is 28.1 Å². The fourth-order valence-corrected chi connectivity index (χ4v) is 2.21. The molecule has 0 bridgehead atoms. The number of benzene rings is 1. The lowest BCUT2D eigenvalue weighted by Gasteiger charge is -2.14. The number of carboxylic acids is 1. The molecular weight excluding hydrogens is 292 g/mol. The van der Waals surface area contributed by atoms with Gasteiger partial charge in [-0.15, -0.1) is 11.3 Å². The average Bonchev–Trinajstić information content (AvgIpc) is 2.91. The lowest BCUT2D eigenvalue weighted by molar-refractivity contribution is -0.117. The third-order valence-corrected chi connectivity index (χ3v) is 3.28. The van der Waals surface area contributed by atoms with Crippen LogP contribution in [0.25, 0.3) is 0 Å². The summed E-state index contributed by atoms with van der Waals surface area (Å²) in [5.74, 6) is -0.647. The van der Waals surface area contributed by atoms with Crippen LogP contribution in [-0.2, 0) is 4.79 Å². The third kappa shape index (κ3) is 4.57. The van der Waals surface area contributed by atoms with Crippen molar-refractivity contribution in [3.05, 3.63) is 41.4 Å². The summed E-state index contributed by atoms with van der Waals surface area (Å²) in [5, 5.41) is 13.8. The maximum Gasteiger partial charge on any atom is 0.335 e. The molecule has 0 fully saturated rings. The van der Waals surface area contributed by atoms with Gasteiger partial charge in [0.1, 0.15) is 11.9 Å². The highest BCUT2D eigenvalue weighted by molar-refractivity contribution is 7.13. The van der Waals surface area contributed by atoms with E-state index in [4.69, 9.17) is 9.84 Å². The largest absolute Gasteiger partial charge is 0.490 e. The molecule has 110 valence electrons. The SMILES string of the molecule is CC(CC(=O)Nc1nccs1)Oc1ccc(C(=O)O)cc1. The molecule has 7 heteroatoms. The molecule has 0 aliphatic heterocycles. The van der Waals surface area contributed by atoms with Gasteiger partial charge < -0.3 is 15.2 Å². The Bertz CT molecular complexity index is 610. The van der Waals surface area contributed by atoms with E-state index in [2.05, 4.69) is 10.3 Å². The van der Waals surface area contributed by atoms with Crippen molar-refractivity contribution in [2.75, 3.05) is 5.32 Å². The third-order valence-electron chi connectivity index (χ3n) is 2.59. The summed E-state index contributed by atoms with van der Waals surface area (Å²) in [4.78, 5) is 26.4. The van der Waals surface area contributed by atoms with E-state index in [-0.39, 0.29) is 24.0 Å². The molecule has 2 N–H and O–H groups in total. The first-order valence-electron chi connectivity index (χ1n) is 6.24. The summed E-state index contributed by atoms with van der Waals surface area (Å²) in [6.45, 7) is 1.77. The van der Waals surface area contributed by atoms with Gasteiger partial charge in [-0.1, -0.05) is 0 Å². The predicted molar refractivity (Wildman–Crippen MR) is 78.9 cm³/mol. The second kappa shape index (κ2) is 6.85. The Balaban J connectivity index is 1.84. The van der Waals surface area contributed by atoms with Crippen LogP contribution >= 0.6 is 11.3 Å². The van der Waals surface area contributed by atoms with Crippen molar-refractivity contribution in [3.8, 4) is 5.75 Å². The zero-order valence-electron chi connectivity index (χ0n) is 11.3. The molecule has 0 aliphatic rings. The van der Waals surface area contributed by atoms with E-state index in [1.807, 2.05) is 0 Å². The fraction of sp³-hybridized carbons (Fsp3) is 0.214. The number of aromatic nitrogens is 1. The Labute approximate surface area is 125 Å². The number of hydrogen-bond acceptors (Lipinski definition) is 5. The van der Waals surface area contributed by atoms with Crippen molar-refractivity contribution in [1.82, 2.24) is 4.98 Å². The van der Waals surface area contributed by atoms with Gasteiger partial charge in [0, 0.05) is 11.6 Å². The number of ether oxygens (including phenoxy) is 1. The van der Waals surface area contributed by atoms with Crippen molar-refractivity contribution >= 4 is 28.3 Å². The molecule has 1 aromatic carbocycles. The van der Waals surface area contributed by atoms with E-state index < -0.39 is 5.97 Å². The number of amides is 1. The zero-order valence-corrected chi connectivity index (χ0v) is 12.1. The molecule has 0 aliphatic carbocycles. The molecule has 2 aromatic rings. The molecule has 1 heterocycles. The van der Waals surface area contributed by atoms with Crippen molar-refractivity contribution in [2.24, 2.45) is 0 Å². The van der Waals surface area contributed by atoms with Crippen molar-refractivity contribution in [3.63, 3.8) is 0 Å². The van der Waals surface area contributed by atoms with Crippen molar-refractivity contribution in [2.45, 2.75) is 19.4 Å². The Morgan fingerprint density at radius 1 is 1.38 bits per heavy atom. The smallest absolute Gasteiger partial charge is 0.335 e. The molecule has 1 aromatic heterocycles. The first-order valence-corrected chi connectivity index (χ1v) is 7.12. The van der Waals surface area contributed by atoms with Gasteiger partial charge >= 0.3 is 5.97 Å². The van der Waals surface area contributed by atoms with Gasteiger partial charge in [-0.3, -0.25) is 4.79 Å². The monoisotopic (exact) mass is 306 g/mol. The second-order valence-electron chi connectivity index (χ2n) is 4.35. The summed E-state index contributed by atoms with van der Waals surface area (Å²) in [7, 11) is 0. The van der Waals surface area contributed by atoms with Crippen LogP contribution in [0.15, 0.2) is 35.8 Å². The number of rotatable bonds is 6. The minimum absolute atomic E-state index is 0.181. The van der Waals surface area contributed by atoms with Gasteiger partial charge in [0.05, 0.1) is 12.0 Å². The van der Waals surface area contributed by atoms with Gasteiger partial charge in [0.25, 0.3) is 0 Å². The fourth-order valence-electron chi connectivity index (χ4n) is 1.67. The summed E-state index contributed by atoms with van der Waals surface area (Å²) in [6.07, 6.45) is 1.46. The van der Waals surface area contributed by atoms with Crippen LogP contribution in [0.5, 0.6) is 5.75 Å². The van der Waals surface area contributed by atoms with Gasteiger partial charge in [-0.2, -0.15) is 0 Å². The average molecular weight is 306 g/mol. The zero-order chi connectivity index (χ0) is 15.2. The maximum absolute atomic E-state index is 11.8. The molecule has 0 radical (unpaired) electrons. The minimum atomic E-state index is -0.988. The predicted octanol–water partition coefficient (Wildman–Crippen LogP) is 2.64. The van der Waals surface area contributed by atoms with Gasteiger partial charge in [0.2, 0.25) is 5.91 Å². The summed E-state index contributed by atoms with van der Waals surface area (Å²) >= 11 is 1.35.